The van der Waals surface area contributed by atoms with Gasteiger partial charge in [-0.1, -0.05) is 0 Å². The number of aldehydes is 1. The Hall–Kier alpha value is -2.32. The highest BCUT2D eigenvalue weighted by molar-refractivity contribution is 5.78. The summed E-state index contributed by atoms with van der Waals surface area (Å²) in [5.74, 6) is 0. The van der Waals surface area contributed by atoms with E-state index in [-0.39, 0.29) is 12.0 Å². The second-order valence-electron chi connectivity index (χ2n) is 4.06. The minimum absolute atomic E-state index is 0.0246. The lowest BCUT2D eigenvalue weighted by Gasteiger charge is -2.11. The molecular weight excluding hydrogens is 302 g/mol. The molecule has 1 aromatic carbocycles. The van der Waals surface area contributed by atoms with E-state index in [1.165, 1.54) is 0 Å². The fourth-order valence-electron chi connectivity index (χ4n) is 1.65. The van der Waals surface area contributed by atoms with Crippen LogP contribution in [-0.2, 0) is 12.4 Å². The summed E-state index contributed by atoms with van der Waals surface area (Å²) < 4.78 is 76.2. The maximum absolute atomic E-state index is 12.8. The van der Waals surface area contributed by atoms with E-state index >= 15 is 0 Å². The molecule has 0 N–H and O–H groups in total. The van der Waals surface area contributed by atoms with Crippen LogP contribution < -0.4 is 0 Å². The van der Waals surface area contributed by atoms with Crippen molar-refractivity contribution in [2.45, 2.75) is 12.4 Å². The fourth-order valence-corrected chi connectivity index (χ4v) is 1.65. The number of aromatic nitrogens is 2. The summed E-state index contributed by atoms with van der Waals surface area (Å²) in [4.78, 5) is 10.6. The maximum Gasteiger partial charge on any atom is 0.419 e. The summed E-state index contributed by atoms with van der Waals surface area (Å²) in [7, 11) is 0. The number of hydrogen-bond donors (Lipinski definition) is 0. The molecule has 2 rings (SSSR count). The van der Waals surface area contributed by atoms with Crippen molar-refractivity contribution in [1.29, 1.82) is 0 Å². The molecule has 2 aromatic rings. The van der Waals surface area contributed by atoms with E-state index in [1.54, 1.807) is 0 Å². The second kappa shape index (κ2) is 4.90. The summed E-state index contributed by atoms with van der Waals surface area (Å²) in [6.45, 7) is 0. The molecule has 0 spiro atoms. The Labute approximate surface area is 113 Å². The third kappa shape index (κ3) is 3.06. The lowest BCUT2D eigenvalue weighted by molar-refractivity contribution is -0.138. The van der Waals surface area contributed by atoms with Crippen molar-refractivity contribution in [1.82, 2.24) is 9.78 Å². The van der Waals surface area contributed by atoms with Crippen LogP contribution in [0.2, 0.25) is 0 Å². The summed E-state index contributed by atoms with van der Waals surface area (Å²) in [6.07, 6.45) is -8.35. The monoisotopic (exact) mass is 308 g/mol. The van der Waals surface area contributed by atoms with Gasteiger partial charge in [-0.2, -0.15) is 31.4 Å². The Bertz CT molecular complexity index is 671. The van der Waals surface area contributed by atoms with Crippen molar-refractivity contribution < 1.29 is 31.1 Å². The van der Waals surface area contributed by atoms with E-state index in [9.17, 15) is 31.1 Å². The Kier molecular flexibility index (Phi) is 3.52. The van der Waals surface area contributed by atoms with Gasteiger partial charge in [0, 0.05) is 11.8 Å². The van der Waals surface area contributed by atoms with E-state index in [1.807, 2.05) is 0 Å². The SMILES string of the molecule is O=Cc1ccc(-n2cc(C(F)(F)F)cn2)cc1C(F)(F)F. The lowest BCUT2D eigenvalue weighted by atomic mass is 10.1. The van der Waals surface area contributed by atoms with Gasteiger partial charge in [0.25, 0.3) is 0 Å². The number of hydrogen-bond acceptors (Lipinski definition) is 2. The predicted molar refractivity (Wildman–Crippen MR) is 59.0 cm³/mol. The van der Waals surface area contributed by atoms with Crippen LogP contribution in [-0.4, -0.2) is 16.1 Å². The topological polar surface area (TPSA) is 34.9 Å². The molecule has 0 saturated heterocycles. The third-order valence-electron chi connectivity index (χ3n) is 2.64. The van der Waals surface area contributed by atoms with Gasteiger partial charge in [-0.05, 0) is 18.2 Å². The summed E-state index contributed by atoms with van der Waals surface area (Å²) in [5.41, 5.74) is -3.16. The molecule has 0 amide bonds. The number of rotatable bonds is 2. The third-order valence-corrected chi connectivity index (χ3v) is 2.64. The van der Waals surface area contributed by atoms with Gasteiger partial charge in [0.1, 0.15) is 0 Å². The first-order valence-corrected chi connectivity index (χ1v) is 5.41. The van der Waals surface area contributed by atoms with Gasteiger partial charge in [-0.15, -0.1) is 0 Å². The maximum atomic E-state index is 12.8. The quantitative estimate of drug-likeness (QED) is 0.626. The zero-order chi connectivity index (χ0) is 15.8. The minimum Gasteiger partial charge on any atom is -0.298 e. The van der Waals surface area contributed by atoms with Crippen LogP contribution in [0, 0.1) is 0 Å². The summed E-state index contributed by atoms with van der Waals surface area (Å²) in [6, 6.07) is 2.52. The smallest absolute Gasteiger partial charge is 0.298 e. The molecule has 9 heteroatoms. The van der Waals surface area contributed by atoms with Crippen molar-refractivity contribution in [2.24, 2.45) is 0 Å². The summed E-state index contributed by atoms with van der Waals surface area (Å²) >= 11 is 0. The van der Waals surface area contributed by atoms with Crippen molar-refractivity contribution >= 4 is 6.29 Å². The molecular formula is C12H6F6N2O. The molecule has 0 unspecified atom stereocenters. The van der Waals surface area contributed by atoms with Gasteiger partial charge in [0.05, 0.1) is 23.0 Å². The number of carbonyl (C=O) groups excluding carboxylic acids is 1. The first-order chi connectivity index (χ1) is 9.63. The highest BCUT2D eigenvalue weighted by atomic mass is 19.4. The number of benzene rings is 1. The Morgan fingerprint density at radius 2 is 1.71 bits per heavy atom. The summed E-state index contributed by atoms with van der Waals surface area (Å²) in [5, 5.41) is 3.37. The molecule has 1 aromatic heterocycles. The molecule has 0 aliphatic carbocycles. The van der Waals surface area contributed by atoms with Gasteiger partial charge in [0.15, 0.2) is 6.29 Å². The van der Waals surface area contributed by atoms with Crippen LogP contribution >= 0.6 is 0 Å². The van der Waals surface area contributed by atoms with Gasteiger partial charge < -0.3 is 0 Å². The molecule has 0 aliphatic heterocycles. The number of nitrogens with zero attached hydrogens (tertiary/aromatic N) is 2. The van der Waals surface area contributed by atoms with E-state index in [2.05, 4.69) is 5.10 Å². The second-order valence-corrected chi connectivity index (χ2v) is 4.06. The van der Waals surface area contributed by atoms with E-state index in [0.29, 0.717) is 23.1 Å². The minimum atomic E-state index is -4.80. The highest BCUT2D eigenvalue weighted by Crippen LogP contribution is 2.33. The van der Waals surface area contributed by atoms with Crippen LogP contribution in [0.4, 0.5) is 26.3 Å². The lowest BCUT2D eigenvalue weighted by Crippen LogP contribution is -2.10. The average molecular weight is 308 g/mol. The molecule has 112 valence electrons. The zero-order valence-corrected chi connectivity index (χ0v) is 10.0. The number of halogens is 6. The molecule has 3 nitrogen and oxygen atoms in total. The first-order valence-electron chi connectivity index (χ1n) is 5.41. The van der Waals surface area contributed by atoms with Crippen LogP contribution in [0.3, 0.4) is 0 Å². The van der Waals surface area contributed by atoms with Crippen molar-refractivity contribution in [3.8, 4) is 5.69 Å². The number of carbonyl (C=O) groups is 1. The normalized spacial score (nSPS) is 12.5. The van der Waals surface area contributed by atoms with E-state index in [4.69, 9.17) is 0 Å². The Morgan fingerprint density at radius 3 is 2.19 bits per heavy atom. The zero-order valence-electron chi connectivity index (χ0n) is 10.0. The fraction of sp³-hybridized carbons (Fsp3) is 0.167. The highest BCUT2D eigenvalue weighted by Gasteiger charge is 2.35. The molecule has 0 saturated carbocycles. The molecule has 0 aliphatic rings. The molecule has 1 heterocycles. The van der Waals surface area contributed by atoms with Gasteiger partial charge >= 0.3 is 12.4 Å². The molecule has 21 heavy (non-hydrogen) atoms. The molecule has 0 fully saturated rings. The van der Waals surface area contributed by atoms with Crippen LogP contribution in [0.5, 0.6) is 0 Å². The van der Waals surface area contributed by atoms with Gasteiger partial charge in [0.2, 0.25) is 0 Å². The average Bonchev–Trinajstić information content (AvgIpc) is 2.86. The van der Waals surface area contributed by atoms with Crippen molar-refractivity contribution in [3.63, 3.8) is 0 Å². The molecule has 0 atom stereocenters. The van der Waals surface area contributed by atoms with E-state index < -0.39 is 29.0 Å². The number of alkyl halides is 6. The van der Waals surface area contributed by atoms with Crippen LogP contribution in [0.15, 0.2) is 30.6 Å². The van der Waals surface area contributed by atoms with Crippen molar-refractivity contribution in [2.75, 3.05) is 0 Å². The largest absolute Gasteiger partial charge is 0.419 e. The van der Waals surface area contributed by atoms with Crippen molar-refractivity contribution in [3.05, 3.63) is 47.3 Å². The van der Waals surface area contributed by atoms with Crippen LogP contribution in [0.1, 0.15) is 21.5 Å². The standard InChI is InChI=1S/C12H6F6N2O/c13-11(14,15)8-4-19-20(5-8)9-2-1-7(6-21)10(3-9)12(16,17)18/h1-6H. The van der Waals surface area contributed by atoms with Gasteiger partial charge in [-0.3, -0.25) is 4.79 Å². The van der Waals surface area contributed by atoms with E-state index in [0.717, 1.165) is 12.1 Å². The first kappa shape index (κ1) is 15.1. The van der Waals surface area contributed by atoms with Gasteiger partial charge in [-0.25, -0.2) is 4.68 Å². The molecule has 0 radical (unpaired) electrons. The van der Waals surface area contributed by atoms with Crippen LogP contribution in [0.25, 0.3) is 5.69 Å². The predicted octanol–water partition coefficient (Wildman–Crippen LogP) is 3.72. The molecule has 0 bridgehead atoms. The Morgan fingerprint density at radius 1 is 1.05 bits per heavy atom. The Balaban J connectivity index is 2.51.